The molecule has 0 amide bonds. The summed E-state index contributed by atoms with van der Waals surface area (Å²) < 4.78 is 0. The van der Waals surface area contributed by atoms with E-state index in [1.165, 1.54) is 0 Å². The fourth-order valence-corrected chi connectivity index (χ4v) is 2.00. The zero-order valence-electron chi connectivity index (χ0n) is 11.1. The van der Waals surface area contributed by atoms with Crippen LogP contribution in [0.5, 0.6) is 5.75 Å². The number of carboxylic acid groups (broad SMARTS) is 1. The number of phenolic OH excluding ortho intramolecular Hbond substituents is 1. The highest BCUT2D eigenvalue weighted by Crippen LogP contribution is 2.23. The lowest BCUT2D eigenvalue weighted by atomic mass is 10.0. The molecule has 0 aliphatic heterocycles. The van der Waals surface area contributed by atoms with E-state index in [2.05, 4.69) is 13.8 Å². The van der Waals surface area contributed by atoms with Crippen molar-refractivity contribution >= 4 is 5.97 Å². The standard InChI is InChI=1S/C14H21NO3/c1-10(2)8-15(9-14(17)18)11(3)12-5-4-6-13(16)7-12/h4-7,10-11,16H,8-9H2,1-3H3,(H,17,18). The Morgan fingerprint density at radius 3 is 2.50 bits per heavy atom. The molecule has 1 aromatic carbocycles. The van der Waals surface area contributed by atoms with Gasteiger partial charge in [0.1, 0.15) is 5.75 Å². The number of rotatable bonds is 6. The van der Waals surface area contributed by atoms with Crippen molar-refractivity contribution in [2.24, 2.45) is 5.92 Å². The van der Waals surface area contributed by atoms with Gasteiger partial charge in [0.05, 0.1) is 6.54 Å². The average molecular weight is 251 g/mol. The highest BCUT2D eigenvalue weighted by molar-refractivity contribution is 5.69. The second-order valence-corrected chi connectivity index (χ2v) is 4.99. The van der Waals surface area contributed by atoms with Gasteiger partial charge in [0.25, 0.3) is 0 Å². The van der Waals surface area contributed by atoms with Crippen LogP contribution in [0.4, 0.5) is 0 Å². The summed E-state index contributed by atoms with van der Waals surface area (Å²) in [4.78, 5) is 12.8. The van der Waals surface area contributed by atoms with Crippen molar-refractivity contribution < 1.29 is 15.0 Å². The highest BCUT2D eigenvalue weighted by atomic mass is 16.4. The minimum atomic E-state index is -0.831. The molecule has 4 nitrogen and oxygen atoms in total. The number of carboxylic acids is 1. The molecule has 1 atom stereocenters. The lowest BCUT2D eigenvalue weighted by molar-refractivity contribution is -0.139. The predicted octanol–water partition coefficient (Wildman–Crippen LogP) is 2.50. The lowest BCUT2D eigenvalue weighted by Gasteiger charge is -2.29. The molecular weight excluding hydrogens is 230 g/mol. The number of nitrogens with zero attached hydrogens (tertiary/aromatic N) is 1. The van der Waals surface area contributed by atoms with Crippen molar-refractivity contribution in [2.45, 2.75) is 26.8 Å². The number of hydrogen-bond acceptors (Lipinski definition) is 3. The van der Waals surface area contributed by atoms with E-state index in [-0.39, 0.29) is 18.3 Å². The smallest absolute Gasteiger partial charge is 0.317 e. The first kappa shape index (κ1) is 14.5. The van der Waals surface area contributed by atoms with Crippen LogP contribution in [0.15, 0.2) is 24.3 Å². The Bertz CT molecular complexity index is 404. The summed E-state index contributed by atoms with van der Waals surface area (Å²) in [6.07, 6.45) is 0. The van der Waals surface area contributed by atoms with Crippen LogP contribution in [-0.2, 0) is 4.79 Å². The molecule has 4 heteroatoms. The first-order valence-electron chi connectivity index (χ1n) is 6.15. The third-order valence-corrected chi connectivity index (χ3v) is 2.84. The van der Waals surface area contributed by atoms with Gasteiger partial charge >= 0.3 is 5.97 Å². The van der Waals surface area contributed by atoms with E-state index in [4.69, 9.17) is 5.11 Å². The van der Waals surface area contributed by atoms with Gasteiger partial charge < -0.3 is 10.2 Å². The number of benzene rings is 1. The van der Waals surface area contributed by atoms with Crippen molar-refractivity contribution in [3.63, 3.8) is 0 Å². The van der Waals surface area contributed by atoms with Crippen LogP contribution >= 0.6 is 0 Å². The quantitative estimate of drug-likeness (QED) is 0.815. The minimum absolute atomic E-state index is 0.00893. The van der Waals surface area contributed by atoms with Gasteiger partial charge in [-0.2, -0.15) is 0 Å². The van der Waals surface area contributed by atoms with Gasteiger partial charge in [0.2, 0.25) is 0 Å². The van der Waals surface area contributed by atoms with E-state index in [1.54, 1.807) is 18.2 Å². The van der Waals surface area contributed by atoms with Crippen LogP contribution in [0.3, 0.4) is 0 Å². The molecule has 2 N–H and O–H groups in total. The van der Waals surface area contributed by atoms with Crippen molar-refractivity contribution in [2.75, 3.05) is 13.1 Å². The molecule has 0 heterocycles. The molecule has 0 saturated heterocycles. The maximum Gasteiger partial charge on any atom is 0.317 e. The van der Waals surface area contributed by atoms with Crippen LogP contribution in [0, 0.1) is 5.92 Å². The maximum absolute atomic E-state index is 10.9. The Morgan fingerprint density at radius 1 is 1.33 bits per heavy atom. The monoisotopic (exact) mass is 251 g/mol. The third kappa shape index (κ3) is 4.37. The Morgan fingerprint density at radius 2 is 2.00 bits per heavy atom. The second-order valence-electron chi connectivity index (χ2n) is 4.99. The SMILES string of the molecule is CC(C)CN(CC(=O)O)C(C)c1cccc(O)c1. The predicted molar refractivity (Wildman–Crippen MR) is 70.6 cm³/mol. The van der Waals surface area contributed by atoms with Crippen LogP contribution in [0.1, 0.15) is 32.4 Å². The Balaban J connectivity index is 2.86. The van der Waals surface area contributed by atoms with Gasteiger partial charge in [-0.05, 0) is 30.5 Å². The molecule has 0 radical (unpaired) electrons. The van der Waals surface area contributed by atoms with Crippen LogP contribution in [0.25, 0.3) is 0 Å². The summed E-state index contributed by atoms with van der Waals surface area (Å²) in [5, 5.41) is 18.4. The zero-order valence-corrected chi connectivity index (χ0v) is 11.1. The summed E-state index contributed by atoms with van der Waals surface area (Å²) in [7, 11) is 0. The van der Waals surface area contributed by atoms with E-state index in [0.29, 0.717) is 12.5 Å². The Kier molecular flexibility index (Phi) is 5.16. The number of aromatic hydroxyl groups is 1. The molecule has 0 aromatic heterocycles. The normalized spacial score (nSPS) is 12.9. The number of aliphatic carboxylic acids is 1. The second kappa shape index (κ2) is 6.40. The maximum atomic E-state index is 10.9. The van der Waals surface area contributed by atoms with Crippen molar-refractivity contribution in [1.29, 1.82) is 0 Å². The van der Waals surface area contributed by atoms with Gasteiger partial charge in [-0.1, -0.05) is 26.0 Å². The topological polar surface area (TPSA) is 60.8 Å². The summed E-state index contributed by atoms with van der Waals surface area (Å²) in [6, 6.07) is 6.94. The third-order valence-electron chi connectivity index (χ3n) is 2.84. The number of carbonyl (C=O) groups is 1. The molecule has 18 heavy (non-hydrogen) atoms. The van der Waals surface area contributed by atoms with Gasteiger partial charge in [0, 0.05) is 12.6 Å². The first-order chi connectivity index (χ1) is 8.40. The molecule has 0 aliphatic rings. The fraction of sp³-hybridized carbons (Fsp3) is 0.500. The van der Waals surface area contributed by atoms with Gasteiger partial charge in [-0.15, -0.1) is 0 Å². The molecule has 0 fully saturated rings. The molecule has 1 unspecified atom stereocenters. The van der Waals surface area contributed by atoms with Crippen LogP contribution in [-0.4, -0.2) is 34.2 Å². The Labute approximate surface area is 108 Å². The molecule has 1 rings (SSSR count). The highest BCUT2D eigenvalue weighted by Gasteiger charge is 2.19. The molecule has 100 valence electrons. The molecule has 0 spiro atoms. The molecule has 0 saturated carbocycles. The Hall–Kier alpha value is -1.55. The summed E-state index contributed by atoms with van der Waals surface area (Å²) in [6.45, 7) is 6.80. The van der Waals surface area contributed by atoms with Crippen LogP contribution < -0.4 is 0 Å². The fourth-order valence-electron chi connectivity index (χ4n) is 2.00. The molecule has 1 aromatic rings. The number of phenols is 1. The van der Waals surface area contributed by atoms with Gasteiger partial charge in [-0.25, -0.2) is 0 Å². The summed E-state index contributed by atoms with van der Waals surface area (Å²) >= 11 is 0. The molecule has 0 aliphatic carbocycles. The van der Waals surface area contributed by atoms with E-state index >= 15 is 0 Å². The van der Waals surface area contributed by atoms with E-state index in [9.17, 15) is 9.90 Å². The molecule has 0 bridgehead atoms. The van der Waals surface area contributed by atoms with Gasteiger partial charge in [0.15, 0.2) is 0 Å². The minimum Gasteiger partial charge on any atom is -0.508 e. The zero-order chi connectivity index (χ0) is 13.7. The number of hydrogen-bond donors (Lipinski definition) is 2. The van der Waals surface area contributed by atoms with Crippen LogP contribution in [0.2, 0.25) is 0 Å². The van der Waals surface area contributed by atoms with Gasteiger partial charge in [-0.3, -0.25) is 9.69 Å². The van der Waals surface area contributed by atoms with Crippen molar-refractivity contribution in [1.82, 2.24) is 4.90 Å². The van der Waals surface area contributed by atoms with Crippen molar-refractivity contribution in [3.05, 3.63) is 29.8 Å². The lowest BCUT2D eigenvalue weighted by Crippen LogP contribution is -2.35. The summed E-state index contributed by atoms with van der Waals surface area (Å²) in [5.74, 6) is -0.231. The largest absolute Gasteiger partial charge is 0.508 e. The van der Waals surface area contributed by atoms with Crippen molar-refractivity contribution in [3.8, 4) is 5.75 Å². The first-order valence-corrected chi connectivity index (χ1v) is 6.15. The van der Waals surface area contributed by atoms with E-state index in [1.807, 2.05) is 17.9 Å². The summed E-state index contributed by atoms with van der Waals surface area (Å²) in [5.41, 5.74) is 0.928. The average Bonchev–Trinajstić information content (AvgIpc) is 2.26. The molecular formula is C14H21NO3. The van der Waals surface area contributed by atoms with E-state index < -0.39 is 5.97 Å². The van der Waals surface area contributed by atoms with E-state index in [0.717, 1.165) is 5.56 Å².